The molecule has 2 aromatic rings. The second-order valence-electron chi connectivity index (χ2n) is 4.56. The molecule has 1 aromatic carbocycles. The number of benzene rings is 1. The van der Waals surface area contributed by atoms with Gasteiger partial charge in [-0.15, -0.1) is 0 Å². The summed E-state index contributed by atoms with van der Waals surface area (Å²) in [6, 6.07) is 3.77. The molecule has 1 heterocycles. The molecule has 8 nitrogen and oxygen atoms in total. The van der Waals surface area contributed by atoms with Crippen molar-refractivity contribution in [1.29, 1.82) is 0 Å². The zero-order valence-electron chi connectivity index (χ0n) is 11.5. The van der Waals surface area contributed by atoms with Crippen molar-refractivity contribution in [3.8, 4) is 0 Å². The molecule has 0 unspecified atom stereocenters. The number of nitro groups is 1. The Bertz CT molecular complexity index is 708. The Morgan fingerprint density at radius 2 is 2.24 bits per heavy atom. The number of aromatic nitrogens is 2. The van der Waals surface area contributed by atoms with Crippen molar-refractivity contribution in [3.05, 3.63) is 51.3 Å². The lowest BCUT2D eigenvalue weighted by Crippen LogP contribution is -2.05. The number of anilines is 1. The Morgan fingerprint density at radius 1 is 1.52 bits per heavy atom. The van der Waals surface area contributed by atoms with Crippen molar-refractivity contribution in [2.24, 2.45) is 7.05 Å². The molecule has 0 bridgehead atoms. The third kappa shape index (κ3) is 3.16. The topological polar surface area (TPSA) is 110 Å². The largest absolute Gasteiger partial charge is 0.478 e. The monoisotopic (exact) mass is 290 g/mol. The maximum absolute atomic E-state index is 11.0. The van der Waals surface area contributed by atoms with Crippen LogP contribution in [0.5, 0.6) is 0 Å². The summed E-state index contributed by atoms with van der Waals surface area (Å²) in [5.41, 5.74) is 1.62. The number of aryl methyl sites for hydroxylation is 2. The minimum atomic E-state index is -1.20. The molecular weight excluding hydrogens is 276 g/mol. The fourth-order valence-corrected chi connectivity index (χ4v) is 1.98. The molecule has 0 amide bonds. The molecule has 0 spiro atoms. The Hall–Kier alpha value is -2.90. The van der Waals surface area contributed by atoms with Crippen LogP contribution in [0, 0.1) is 17.0 Å². The highest BCUT2D eigenvalue weighted by Crippen LogP contribution is 2.26. The minimum Gasteiger partial charge on any atom is -0.478 e. The number of hydrogen-bond acceptors (Lipinski definition) is 5. The summed E-state index contributed by atoms with van der Waals surface area (Å²) in [4.78, 5) is 21.3. The molecule has 0 aliphatic carbocycles. The standard InChI is InChI=1S/C13H14N4O4/c1-8-10(7-16(2)15-8)6-14-11-4-3-9(13(18)19)5-12(11)17(20)21/h3-5,7,14H,6H2,1-2H3,(H,18,19). The van der Waals surface area contributed by atoms with Gasteiger partial charge in [-0.1, -0.05) is 0 Å². The van der Waals surface area contributed by atoms with Gasteiger partial charge in [0.1, 0.15) is 5.69 Å². The van der Waals surface area contributed by atoms with Crippen molar-refractivity contribution in [2.45, 2.75) is 13.5 Å². The van der Waals surface area contributed by atoms with Crippen LogP contribution in [-0.2, 0) is 13.6 Å². The van der Waals surface area contributed by atoms with Gasteiger partial charge in [-0.3, -0.25) is 14.8 Å². The van der Waals surface area contributed by atoms with E-state index in [4.69, 9.17) is 5.11 Å². The van der Waals surface area contributed by atoms with Crippen molar-refractivity contribution in [3.63, 3.8) is 0 Å². The second kappa shape index (κ2) is 5.61. The van der Waals surface area contributed by atoms with Gasteiger partial charge in [0.15, 0.2) is 0 Å². The lowest BCUT2D eigenvalue weighted by atomic mass is 10.1. The van der Waals surface area contributed by atoms with Crippen LogP contribution in [0.2, 0.25) is 0 Å². The minimum absolute atomic E-state index is 0.121. The molecule has 0 saturated carbocycles. The Morgan fingerprint density at radius 3 is 2.76 bits per heavy atom. The number of carboxylic acids is 1. The molecule has 0 atom stereocenters. The summed E-state index contributed by atoms with van der Waals surface area (Å²) in [5.74, 6) is -1.20. The van der Waals surface area contributed by atoms with E-state index in [0.717, 1.165) is 17.3 Å². The van der Waals surface area contributed by atoms with E-state index in [1.54, 1.807) is 11.7 Å². The first-order valence-electron chi connectivity index (χ1n) is 6.13. The van der Waals surface area contributed by atoms with Crippen LogP contribution in [-0.4, -0.2) is 25.8 Å². The number of nitrogens with one attached hydrogen (secondary N) is 1. The van der Waals surface area contributed by atoms with Gasteiger partial charge in [-0.2, -0.15) is 5.10 Å². The van der Waals surface area contributed by atoms with Crippen LogP contribution in [0.25, 0.3) is 0 Å². The van der Waals surface area contributed by atoms with Crippen LogP contribution in [0.4, 0.5) is 11.4 Å². The third-order valence-electron chi connectivity index (χ3n) is 3.03. The molecule has 2 N–H and O–H groups in total. The van der Waals surface area contributed by atoms with Crippen LogP contribution in [0.15, 0.2) is 24.4 Å². The SMILES string of the molecule is Cc1nn(C)cc1CNc1ccc(C(=O)O)cc1[N+](=O)[O-]. The number of hydrogen-bond donors (Lipinski definition) is 2. The number of aromatic carboxylic acids is 1. The first kappa shape index (κ1) is 14.5. The molecule has 110 valence electrons. The Kier molecular flexibility index (Phi) is 3.88. The predicted molar refractivity (Wildman–Crippen MR) is 75.3 cm³/mol. The second-order valence-corrected chi connectivity index (χ2v) is 4.56. The van der Waals surface area contributed by atoms with Crippen LogP contribution in [0.3, 0.4) is 0 Å². The molecule has 1 aromatic heterocycles. The Balaban J connectivity index is 2.25. The fourth-order valence-electron chi connectivity index (χ4n) is 1.98. The summed E-state index contributed by atoms with van der Waals surface area (Å²) in [6.07, 6.45) is 1.82. The first-order valence-corrected chi connectivity index (χ1v) is 6.13. The van der Waals surface area contributed by atoms with Crippen LogP contribution >= 0.6 is 0 Å². The highest BCUT2D eigenvalue weighted by molar-refractivity contribution is 5.89. The average molecular weight is 290 g/mol. The predicted octanol–water partition coefficient (Wildman–Crippen LogP) is 1.95. The van der Waals surface area contributed by atoms with E-state index in [0.29, 0.717) is 6.54 Å². The first-order chi connectivity index (χ1) is 9.88. The van der Waals surface area contributed by atoms with E-state index in [1.807, 2.05) is 13.1 Å². The smallest absolute Gasteiger partial charge is 0.335 e. The summed E-state index contributed by atoms with van der Waals surface area (Å²) in [6.45, 7) is 2.21. The number of nitro benzene ring substituents is 1. The van der Waals surface area contributed by atoms with Gasteiger partial charge in [0.2, 0.25) is 0 Å². The number of carboxylic acid groups (broad SMARTS) is 1. The molecule has 0 saturated heterocycles. The number of carbonyl (C=O) groups is 1. The van der Waals surface area contributed by atoms with Gasteiger partial charge in [-0.05, 0) is 19.1 Å². The third-order valence-corrected chi connectivity index (χ3v) is 3.03. The molecule has 21 heavy (non-hydrogen) atoms. The van der Waals surface area contributed by atoms with Gasteiger partial charge in [0.05, 0.1) is 16.2 Å². The quantitative estimate of drug-likeness (QED) is 0.643. The van der Waals surface area contributed by atoms with Gasteiger partial charge in [0.25, 0.3) is 5.69 Å². The van der Waals surface area contributed by atoms with Crippen LogP contribution < -0.4 is 5.32 Å². The van der Waals surface area contributed by atoms with Crippen molar-refractivity contribution < 1.29 is 14.8 Å². The molecule has 0 radical (unpaired) electrons. The van der Waals surface area contributed by atoms with E-state index >= 15 is 0 Å². The Labute approximate surface area is 120 Å². The van der Waals surface area contributed by atoms with Gasteiger partial charge in [0, 0.05) is 31.4 Å². The van der Waals surface area contributed by atoms with E-state index in [1.165, 1.54) is 12.1 Å². The molecule has 8 heteroatoms. The molecular formula is C13H14N4O4. The van der Waals surface area contributed by atoms with E-state index < -0.39 is 10.9 Å². The molecule has 0 aliphatic heterocycles. The number of nitrogens with zero attached hydrogens (tertiary/aromatic N) is 3. The van der Waals surface area contributed by atoms with Gasteiger partial charge in [-0.25, -0.2) is 4.79 Å². The normalized spacial score (nSPS) is 10.4. The summed E-state index contributed by atoms with van der Waals surface area (Å²) < 4.78 is 1.66. The molecule has 0 fully saturated rings. The van der Waals surface area contributed by atoms with Gasteiger partial charge < -0.3 is 10.4 Å². The summed E-state index contributed by atoms with van der Waals surface area (Å²) in [5, 5.41) is 27.0. The fraction of sp³-hybridized carbons (Fsp3) is 0.231. The maximum atomic E-state index is 11.0. The van der Waals surface area contributed by atoms with E-state index in [9.17, 15) is 14.9 Å². The van der Waals surface area contributed by atoms with Crippen molar-refractivity contribution in [2.75, 3.05) is 5.32 Å². The highest BCUT2D eigenvalue weighted by atomic mass is 16.6. The lowest BCUT2D eigenvalue weighted by Gasteiger charge is -2.07. The summed E-state index contributed by atoms with van der Waals surface area (Å²) in [7, 11) is 1.79. The summed E-state index contributed by atoms with van der Waals surface area (Å²) >= 11 is 0. The zero-order chi connectivity index (χ0) is 15.6. The number of rotatable bonds is 5. The molecule has 0 aliphatic rings. The van der Waals surface area contributed by atoms with Crippen molar-refractivity contribution in [1.82, 2.24) is 9.78 Å². The van der Waals surface area contributed by atoms with E-state index in [2.05, 4.69) is 10.4 Å². The van der Waals surface area contributed by atoms with Gasteiger partial charge >= 0.3 is 5.97 Å². The lowest BCUT2D eigenvalue weighted by molar-refractivity contribution is -0.384. The highest BCUT2D eigenvalue weighted by Gasteiger charge is 2.17. The van der Waals surface area contributed by atoms with Crippen molar-refractivity contribution >= 4 is 17.3 Å². The molecule has 2 rings (SSSR count). The maximum Gasteiger partial charge on any atom is 0.335 e. The van der Waals surface area contributed by atoms with Crippen LogP contribution in [0.1, 0.15) is 21.6 Å². The average Bonchev–Trinajstić information content (AvgIpc) is 2.74. The van der Waals surface area contributed by atoms with E-state index in [-0.39, 0.29) is 16.9 Å². The zero-order valence-corrected chi connectivity index (χ0v) is 11.5.